The molecule has 0 saturated heterocycles. The second-order valence-electron chi connectivity index (χ2n) is 3.34. The molecule has 1 aromatic rings. The number of rotatable bonds is 1. The van der Waals surface area contributed by atoms with Crippen LogP contribution >= 0.6 is 0 Å². The van der Waals surface area contributed by atoms with Gasteiger partial charge in [0, 0.05) is 5.92 Å². The molecule has 0 saturated carbocycles. The standard InChI is InChI=1S/C10H13N3/c1-8-7-13(12-10(8)11)9-5-3-2-4-6-9/h2-6,8H,7H2,1H3,(H2,11,12). The SMILES string of the molecule is CC1CN(c2ccccc2)N=C1N. The number of amidine groups is 1. The van der Waals surface area contributed by atoms with Crippen molar-refractivity contribution in [1.82, 2.24) is 0 Å². The molecular weight excluding hydrogens is 162 g/mol. The van der Waals surface area contributed by atoms with Gasteiger partial charge in [0.15, 0.2) is 0 Å². The van der Waals surface area contributed by atoms with Gasteiger partial charge in [0.05, 0.1) is 12.2 Å². The Hall–Kier alpha value is -1.51. The Morgan fingerprint density at radius 2 is 2.08 bits per heavy atom. The van der Waals surface area contributed by atoms with Crippen molar-refractivity contribution in [3.8, 4) is 0 Å². The summed E-state index contributed by atoms with van der Waals surface area (Å²) in [4.78, 5) is 0. The van der Waals surface area contributed by atoms with Crippen LogP contribution in [0, 0.1) is 5.92 Å². The van der Waals surface area contributed by atoms with Crippen LogP contribution in [-0.4, -0.2) is 12.4 Å². The number of hydrogen-bond donors (Lipinski definition) is 1. The number of anilines is 1. The Kier molecular flexibility index (Phi) is 1.93. The minimum Gasteiger partial charge on any atom is -0.385 e. The molecule has 0 spiro atoms. The topological polar surface area (TPSA) is 41.6 Å². The van der Waals surface area contributed by atoms with Crippen LogP contribution in [0.25, 0.3) is 0 Å². The fourth-order valence-corrected chi connectivity index (χ4v) is 1.39. The Bertz CT molecular complexity index is 318. The van der Waals surface area contributed by atoms with E-state index in [1.807, 2.05) is 35.3 Å². The van der Waals surface area contributed by atoms with Crippen molar-refractivity contribution in [3.63, 3.8) is 0 Å². The smallest absolute Gasteiger partial charge is 0.124 e. The van der Waals surface area contributed by atoms with Gasteiger partial charge in [0.25, 0.3) is 0 Å². The summed E-state index contributed by atoms with van der Waals surface area (Å²) >= 11 is 0. The van der Waals surface area contributed by atoms with Gasteiger partial charge in [-0.3, -0.25) is 5.01 Å². The van der Waals surface area contributed by atoms with Crippen molar-refractivity contribution in [3.05, 3.63) is 30.3 Å². The van der Waals surface area contributed by atoms with Crippen LogP contribution in [-0.2, 0) is 0 Å². The van der Waals surface area contributed by atoms with E-state index in [1.54, 1.807) is 0 Å². The van der Waals surface area contributed by atoms with Crippen LogP contribution in [0.15, 0.2) is 35.4 Å². The summed E-state index contributed by atoms with van der Waals surface area (Å²) in [6.07, 6.45) is 0. The quantitative estimate of drug-likeness (QED) is 0.701. The minimum atomic E-state index is 0.361. The Morgan fingerprint density at radius 3 is 2.62 bits per heavy atom. The lowest BCUT2D eigenvalue weighted by Gasteiger charge is -2.13. The lowest BCUT2D eigenvalue weighted by Crippen LogP contribution is -2.20. The van der Waals surface area contributed by atoms with Gasteiger partial charge in [-0.1, -0.05) is 25.1 Å². The molecule has 0 aromatic heterocycles. The molecular formula is C10H13N3. The Morgan fingerprint density at radius 1 is 1.38 bits per heavy atom. The van der Waals surface area contributed by atoms with E-state index in [1.165, 1.54) is 0 Å². The van der Waals surface area contributed by atoms with Gasteiger partial charge in [-0.05, 0) is 12.1 Å². The summed E-state index contributed by atoms with van der Waals surface area (Å²) in [6, 6.07) is 10.1. The molecule has 2 rings (SSSR count). The van der Waals surface area contributed by atoms with E-state index in [-0.39, 0.29) is 0 Å². The molecule has 68 valence electrons. The highest BCUT2D eigenvalue weighted by Gasteiger charge is 2.20. The highest BCUT2D eigenvalue weighted by atomic mass is 15.5. The molecule has 0 fully saturated rings. The van der Waals surface area contributed by atoms with Gasteiger partial charge in [0.1, 0.15) is 5.84 Å². The number of hydrazone groups is 1. The third-order valence-corrected chi connectivity index (χ3v) is 2.24. The van der Waals surface area contributed by atoms with Crippen molar-refractivity contribution in [2.45, 2.75) is 6.92 Å². The first-order valence-corrected chi connectivity index (χ1v) is 4.44. The van der Waals surface area contributed by atoms with Gasteiger partial charge < -0.3 is 5.73 Å². The van der Waals surface area contributed by atoms with Crippen LogP contribution in [0.5, 0.6) is 0 Å². The summed E-state index contributed by atoms with van der Waals surface area (Å²) in [7, 11) is 0. The second-order valence-corrected chi connectivity index (χ2v) is 3.34. The second kappa shape index (κ2) is 3.09. The van der Waals surface area contributed by atoms with E-state index in [4.69, 9.17) is 5.73 Å². The van der Waals surface area contributed by atoms with E-state index in [0.717, 1.165) is 18.1 Å². The van der Waals surface area contributed by atoms with Crippen molar-refractivity contribution < 1.29 is 0 Å². The molecule has 1 aliphatic heterocycles. The lowest BCUT2D eigenvalue weighted by molar-refractivity contribution is 0.773. The van der Waals surface area contributed by atoms with Gasteiger partial charge in [-0.2, -0.15) is 5.10 Å². The highest BCUT2D eigenvalue weighted by Crippen LogP contribution is 2.19. The predicted octanol–water partition coefficient (Wildman–Crippen LogP) is 1.41. The largest absolute Gasteiger partial charge is 0.385 e. The fraction of sp³-hybridized carbons (Fsp3) is 0.300. The lowest BCUT2D eigenvalue weighted by atomic mass is 10.2. The maximum Gasteiger partial charge on any atom is 0.124 e. The molecule has 2 N–H and O–H groups in total. The molecule has 1 aliphatic rings. The molecule has 3 nitrogen and oxygen atoms in total. The maximum absolute atomic E-state index is 5.71. The summed E-state index contributed by atoms with van der Waals surface area (Å²) in [5, 5.41) is 6.21. The Balaban J connectivity index is 2.22. The molecule has 1 unspecified atom stereocenters. The van der Waals surface area contributed by atoms with Crippen LogP contribution in [0.4, 0.5) is 5.69 Å². The summed E-state index contributed by atoms with van der Waals surface area (Å²) in [5.74, 6) is 1.09. The first-order valence-electron chi connectivity index (χ1n) is 4.44. The first kappa shape index (κ1) is 8.10. The zero-order chi connectivity index (χ0) is 9.26. The highest BCUT2D eigenvalue weighted by molar-refractivity contribution is 5.86. The zero-order valence-corrected chi connectivity index (χ0v) is 7.64. The van der Waals surface area contributed by atoms with Crippen molar-refractivity contribution in [2.24, 2.45) is 16.8 Å². The molecule has 1 aromatic carbocycles. The molecule has 1 atom stereocenters. The summed E-state index contributed by atoms with van der Waals surface area (Å²) in [5.41, 5.74) is 6.82. The van der Waals surface area contributed by atoms with Gasteiger partial charge in [-0.15, -0.1) is 0 Å². The van der Waals surface area contributed by atoms with E-state index in [9.17, 15) is 0 Å². The number of hydrogen-bond acceptors (Lipinski definition) is 3. The van der Waals surface area contributed by atoms with Crippen molar-refractivity contribution in [1.29, 1.82) is 0 Å². The zero-order valence-electron chi connectivity index (χ0n) is 7.64. The van der Waals surface area contributed by atoms with Crippen LogP contribution in [0.1, 0.15) is 6.92 Å². The van der Waals surface area contributed by atoms with Crippen molar-refractivity contribution in [2.75, 3.05) is 11.6 Å². The number of benzene rings is 1. The van der Waals surface area contributed by atoms with Gasteiger partial charge >= 0.3 is 0 Å². The van der Waals surface area contributed by atoms with Crippen LogP contribution in [0.2, 0.25) is 0 Å². The Labute approximate surface area is 77.9 Å². The van der Waals surface area contributed by atoms with Crippen molar-refractivity contribution >= 4 is 11.5 Å². The van der Waals surface area contributed by atoms with E-state index in [2.05, 4.69) is 12.0 Å². The molecule has 0 bridgehead atoms. The third-order valence-electron chi connectivity index (χ3n) is 2.24. The molecule has 0 amide bonds. The first-order chi connectivity index (χ1) is 6.27. The van der Waals surface area contributed by atoms with E-state index < -0.39 is 0 Å². The molecule has 13 heavy (non-hydrogen) atoms. The number of para-hydroxylation sites is 1. The van der Waals surface area contributed by atoms with Gasteiger partial charge in [0.2, 0.25) is 0 Å². The van der Waals surface area contributed by atoms with Crippen LogP contribution < -0.4 is 10.7 Å². The normalized spacial score (nSPS) is 21.8. The van der Waals surface area contributed by atoms with E-state index in [0.29, 0.717) is 5.92 Å². The summed E-state index contributed by atoms with van der Waals surface area (Å²) in [6.45, 7) is 2.97. The molecule has 0 aliphatic carbocycles. The average Bonchev–Trinajstić information content (AvgIpc) is 2.49. The number of nitrogens with two attached hydrogens (primary N) is 1. The average molecular weight is 175 g/mol. The van der Waals surface area contributed by atoms with E-state index >= 15 is 0 Å². The molecule has 0 radical (unpaired) electrons. The van der Waals surface area contributed by atoms with Crippen LogP contribution in [0.3, 0.4) is 0 Å². The fourth-order valence-electron chi connectivity index (χ4n) is 1.39. The van der Waals surface area contributed by atoms with Gasteiger partial charge in [-0.25, -0.2) is 0 Å². The summed E-state index contributed by atoms with van der Waals surface area (Å²) < 4.78 is 0. The monoisotopic (exact) mass is 175 g/mol. The molecule has 3 heteroatoms. The maximum atomic E-state index is 5.71. The third kappa shape index (κ3) is 1.49. The number of nitrogens with zero attached hydrogens (tertiary/aromatic N) is 2. The molecule has 1 heterocycles. The minimum absolute atomic E-state index is 0.361. The predicted molar refractivity (Wildman–Crippen MR) is 54.6 cm³/mol.